The zero-order chi connectivity index (χ0) is 13.8. The summed E-state index contributed by atoms with van der Waals surface area (Å²) >= 11 is -1.68. The molecule has 0 saturated heterocycles. The summed E-state index contributed by atoms with van der Waals surface area (Å²) in [6.07, 6.45) is 0. The molecule has 0 aliphatic carbocycles. The summed E-state index contributed by atoms with van der Waals surface area (Å²) in [4.78, 5) is 0. The van der Waals surface area contributed by atoms with Crippen molar-refractivity contribution in [1.82, 2.24) is 0 Å². The second-order valence-electron chi connectivity index (χ2n) is 4.01. The first-order valence-corrected chi connectivity index (χ1v) is 7.69. The van der Waals surface area contributed by atoms with E-state index in [0.29, 0.717) is 22.6 Å². The van der Waals surface area contributed by atoms with Gasteiger partial charge in [0.2, 0.25) is 0 Å². The van der Waals surface area contributed by atoms with E-state index in [2.05, 4.69) is 0 Å². The standard InChI is InChI=1S/2C7H7FO.Zr/c2*1-5-6(8)3-2-4-7(5)9;/h2*2-4,9H,1H3;/q;;+2/p-2. The van der Waals surface area contributed by atoms with Crippen molar-refractivity contribution in [2.75, 3.05) is 0 Å². The van der Waals surface area contributed by atoms with Gasteiger partial charge in [0.05, 0.1) is 0 Å². The average molecular weight is 341 g/mol. The molecular weight excluding hydrogens is 329 g/mol. The van der Waals surface area contributed by atoms with Crippen LogP contribution in [-0.2, 0) is 24.1 Å². The van der Waals surface area contributed by atoms with Crippen LogP contribution in [0.4, 0.5) is 8.78 Å². The molecule has 2 rings (SSSR count). The Labute approximate surface area is 123 Å². The molecule has 0 aliphatic heterocycles. The molecule has 0 N–H and O–H groups in total. The molecule has 19 heavy (non-hydrogen) atoms. The molecule has 0 radical (unpaired) electrons. The van der Waals surface area contributed by atoms with Crippen molar-refractivity contribution in [1.29, 1.82) is 0 Å². The van der Waals surface area contributed by atoms with Gasteiger partial charge in [-0.3, -0.25) is 0 Å². The second kappa shape index (κ2) is 6.29. The second-order valence-corrected chi connectivity index (χ2v) is 5.43. The fourth-order valence-corrected chi connectivity index (χ4v) is 3.14. The Morgan fingerprint density at radius 1 is 0.789 bits per heavy atom. The summed E-state index contributed by atoms with van der Waals surface area (Å²) in [5, 5.41) is 0. The topological polar surface area (TPSA) is 18.5 Å². The molecule has 98 valence electrons. The van der Waals surface area contributed by atoms with E-state index in [0.717, 1.165) is 0 Å². The molecule has 0 aliphatic rings. The van der Waals surface area contributed by atoms with Gasteiger partial charge in [0.1, 0.15) is 0 Å². The van der Waals surface area contributed by atoms with Crippen LogP contribution in [0.2, 0.25) is 0 Å². The third-order valence-corrected chi connectivity index (χ3v) is 4.23. The Morgan fingerprint density at radius 2 is 1.21 bits per heavy atom. The van der Waals surface area contributed by atoms with E-state index in [1.54, 1.807) is 38.1 Å². The van der Waals surface area contributed by atoms with Crippen molar-refractivity contribution in [3.8, 4) is 11.5 Å². The van der Waals surface area contributed by atoms with E-state index in [9.17, 15) is 8.78 Å². The van der Waals surface area contributed by atoms with Gasteiger partial charge >= 0.3 is 123 Å². The van der Waals surface area contributed by atoms with Crippen LogP contribution >= 0.6 is 0 Å². The average Bonchev–Trinajstić information content (AvgIpc) is 2.39. The van der Waals surface area contributed by atoms with Crippen molar-refractivity contribution < 1.29 is 38.5 Å². The zero-order valence-corrected chi connectivity index (χ0v) is 13.0. The Morgan fingerprint density at radius 3 is 1.63 bits per heavy atom. The first-order chi connectivity index (χ1) is 9.09. The molecule has 2 aromatic carbocycles. The van der Waals surface area contributed by atoms with Crippen LogP contribution in [0.5, 0.6) is 11.5 Å². The summed E-state index contributed by atoms with van der Waals surface area (Å²) in [5.41, 5.74) is 0.922. The number of rotatable bonds is 4. The van der Waals surface area contributed by atoms with E-state index in [1.807, 2.05) is 0 Å². The fourth-order valence-electron chi connectivity index (χ4n) is 1.51. The van der Waals surface area contributed by atoms with E-state index in [4.69, 9.17) is 5.63 Å². The zero-order valence-electron chi connectivity index (χ0n) is 10.5. The van der Waals surface area contributed by atoms with Gasteiger partial charge in [-0.25, -0.2) is 0 Å². The van der Waals surface area contributed by atoms with Crippen LogP contribution in [0.15, 0.2) is 36.4 Å². The molecule has 0 saturated carbocycles. The Balaban J connectivity index is 2.00. The summed E-state index contributed by atoms with van der Waals surface area (Å²) < 4.78 is 37.6. The van der Waals surface area contributed by atoms with Gasteiger partial charge in [-0.05, 0) is 0 Å². The van der Waals surface area contributed by atoms with Crippen LogP contribution < -0.4 is 5.63 Å². The minimum absolute atomic E-state index is 0.307. The van der Waals surface area contributed by atoms with Crippen molar-refractivity contribution in [3.05, 3.63) is 59.2 Å². The Bertz CT molecular complexity index is 536. The number of hydrogen-bond donors (Lipinski definition) is 0. The molecule has 0 atom stereocenters. The van der Waals surface area contributed by atoms with Gasteiger partial charge in [-0.15, -0.1) is 0 Å². The predicted molar refractivity (Wildman–Crippen MR) is 63.5 cm³/mol. The summed E-state index contributed by atoms with van der Waals surface area (Å²) in [7, 11) is 0. The van der Waals surface area contributed by atoms with Crippen molar-refractivity contribution >= 4 is 0 Å². The SMILES string of the molecule is Cc1c(F)cccc1[O][Zr][O]c1cccc(F)c1C. The van der Waals surface area contributed by atoms with E-state index in [1.165, 1.54) is 12.1 Å². The van der Waals surface area contributed by atoms with Crippen LogP contribution in [0.1, 0.15) is 11.1 Å². The molecule has 0 unspecified atom stereocenters. The van der Waals surface area contributed by atoms with Gasteiger partial charge in [-0.2, -0.15) is 0 Å². The molecule has 0 fully saturated rings. The molecule has 5 heteroatoms. The summed E-state index contributed by atoms with van der Waals surface area (Å²) in [6, 6.07) is 9.33. The molecule has 0 heterocycles. The first kappa shape index (κ1) is 14.2. The van der Waals surface area contributed by atoms with Gasteiger partial charge in [0.25, 0.3) is 0 Å². The van der Waals surface area contributed by atoms with Crippen LogP contribution in [-0.4, -0.2) is 0 Å². The van der Waals surface area contributed by atoms with Gasteiger partial charge in [0, 0.05) is 0 Å². The van der Waals surface area contributed by atoms with E-state index in [-0.39, 0.29) is 11.6 Å². The predicted octanol–water partition coefficient (Wildman–Crippen LogP) is 3.95. The number of halogens is 2. The molecule has 0 amide bonds. The van der Waals surface area contributed by atoms with Crippen LogP contribution in [0.25, 0.3) is 0 Å². The molecule has 0 aromatic heterocycles. The van der Waals surface area contributed by atoms with Crippen LogP contribution in [0.3, 0.4) is 0 Å². The van der Waals surface area contributed by atoms with E-state index >= 15 is 0 Å². The maximum absolute atomic E-state index is 13.3. The summed E-state index contributed by atoms with van der Waals surface area (Å²) in [6.45, 7) is 3.30. The number of hydrogen-bond acceptors (Lipinski definition) is 2. The molecule has 0 spiro atoms. The van der Waals surface area contributed by atoms with Crippen molar-refractivity contribution in [2.45, 2.75) is 13.8 Å². The van der Waals surface area contributed by atoms with Gasteiger partial charge in [0.15, 0.2) is 0 Å². The first-order valence-electron chi connectivity index (χ1n) is 5.68. The summed E-state index contributed by atoms with van der Waals surface area (Å²) in [5.74, 6) is 0.360. The third-order valence-electron chi connectivity index (χ3n) is 2.74. The fraction of sp³-hybridized carbons (Fsp3) is 0.143. The molecule has 2 aromatic rings. The van der Waals surface area contributed by atoms with Gasteiger partial charge in [-0.1, -0.05) is 0 Å². The monoisotopic (exact) mass is 340 g/mol. The quantitative estimate of drug-likeness (QED) is 0.838. The molecular formula is C14H12F2O2Zr. The van der Waals surface area contributed by atoms with Crippen molar-refractivity contribution in [2.24, 2.45) is 0 Å². The van der Waals surface area contributed by atoms with Crippen molar-refractivity contribution in [3.63, 3.8) is 0 Å². The number of benzene rings is 2. The molecule has 2 nitrogen and oxygen atoms in total. The third kappa shape index (κ3) is 3.41. The maximum atomic E-state index is 13.3. The van der Waals surface area contributed by atoms with Gasteiger partial charge < -0.3 is 0 Å². The molecule has 0 bridgehead atoms. The van der Waals surface area contributed by atoms with E-state index < -0.39 is 24.1 Å². The normalized spacial score (nSPS) is 10.1. The van der Waals surface area contributed by atoms with Crippen LogP contribution in [0, 0.1) is 25.5 Å². The Kier molecular flexibility index (Phi) is 4.70. The minimum atomic E-state index is -1.68. The Hall–Kier alpha value is -1.22.